The Morgan fingerprint density at radius 3 is 2.56 bits per heavy atom. The van der Waals surface area contributed by atoms with Gasteiger partial charge in [0.05, 0.1) is 6.20 Å². The van der Waals surface area contributed by atoms with Gasteiger partial charge in [-0.15, -0.1) is 0 Å². The number of hydrogen-bond donors (Lipinski definition) is 1. The van der Waals surface area contributed by atoms with Crippen LogP contribution < -0.4 is 5.32 Å². The molecule has 1 amide bonds. The standard InChI is InChI=1S/C11H17BrN2O2/c1-4-11(5-2,7-12)14-10(15)9-6-13-16-8(9)3/h6H,4-5,7H2,1-3H3,(H,14,15). The molecule has 0 unspecified atom stereocenters. The summed E-state index contributed by atoms with van der Waals surface area (Å²) in [4.78, 5) is 12.0. The maximum absolute atomic E-state index is 12.0. The summed E-state index contributed by atoms with van der Waals surface area (Å²) in [6.07, 6.45) is 3.21. The zero-order valence-electron chi connectivity index (χ0n) is 9.84. The summed E-state index contributed by atoms with van der Waals surface area (Å²) in [7, 11) is 0. The zero-order valence-corrected chi connectivity index (χ0v) is 11.4. The van der Waals surface area contributed by atoms with E-state index in [9.17, 15) is 4.79 Å². The number of nitrogens with zero attached hydrogens (tertiary/aromatic N) is 1. The number of carbonyl (C=O) groups excluding carboxylic acids is 1. The van der Waals surface area contributed by atoms with Crippen molar-refractivity contribution in [2.24, 2.45) is 0 Å². The maximum atomic E-state index is 12.0. The molecule has 16 heavy (non-hydrogen) atoms. The van der Waals surface area contributed by atoms with E-state index >= 15 is 0 Å². The highest BCUT2D eigenvalue weighted by Gasteiger charge is 2.28. The first-order valence-electron chi connectivity index (χ1n) is 5.38. The van der Waals surface area contributed by atoms with Crippen molar-refractivity contribution in [3.05, 3.63) is 17.5 Å². The molecule has 0 fully saturated rings. The van der Waals surface area contributed by atoms with Crippen LogP contribution >= 0.6 is 15.9 Å². The van der Waals surface area contributed by atoms with Crippen molar-refractivity contribution in [1.29, 1.82) is 0 Å². The first-order valence-corrected chi connectivity index (χ1v) is 6.50. The maximum Gasteiger partial charge on any atom is 0.256 e. The van der Waals surface area contributed by atoms with Gasteiger partial charge in [-0.05, 0) is 19.8 Å². The Hall–Kier alpha value is -0.840. The second-order valence-corrected chi connectivity index (χ2v) is 4.43. The molecular weight excluding hydrogens is 272 g/mol. The quantitative estimate of drug-likeness (QED) is 0.848. The molecule has 0 aromatic carbocycles. The number of hydrogen-bond acceptors (Lipinski definition) is 3. The van der Waals surface area contributed by atoms with Crippen LogP contribution in [0, 0.1) is 6.92 Å². The largest absolute Gasteiger partial charge is 0.361 e. The minimum absolute atomic E-state index is 0.123. The molecule has 5 heteroatoms. The van der Waals surface area contributed by atoms with E-state index in [0.717, 1.165) is 18.2 Å². The average Bonchev–Trinajstić information content (AvgIpc) is 2.72. The van der Waals surface area contributed by atoms with Gasteiger partial charge in [0, 0.05) is 10.9 Å². The third-order valence-corrected chi connectivity index (χ3v) is 4.06. The molecule has 1 aromatic heterocycles. The van der Waals surface area contributed by atoms with Crippen molar-refractivity contribution >= 4 is 21.8 Å². The molecule has 0 spiro atoms. The van der Waals surface area contributed by atoms with Gasteiger partial charge in [-0.25, -0.2) is 0 Å². The average molecular weight is 289 g/mol. The van der Waals surface area contributed by atoms with E-state index in [-0.39, 0.29) is 11.4 Å². The van der Waals surface area contributed by atoms with Crippen LogP contribution in [0.5, 0.6) is 0 Å². The van der Waals surface area contributed by atoms with E-state index in [4.69, 9.17) is 4.52 Å². The number of carbonyl (C=O) groups is 1. The number of aromatic nitrogens is 1. The molecule has 0 aliphatic carbocycles. The van der Waals surface area contributed by atoms with Crippen LogP contribution in [0.4, 0.5) is 0 Å². The third-order valence-electron chi connectivity index (χ3n) is 2.98. The number of aryl methyl sites for hydroxylation is 1. The second kappa shape index (κ2) is 5.48. The molecule has 0 saturated carbocycles. The van der Waals surface area contributed by atoms with Crippen LogP contribution in [-0.2, 0) is 0 Å². The van der Waals surface area contributed by atoms with Gasteiger partial charge < -0.3 is 9.84 Å². The Bertz CT molecular complexity index is 350. The molecule has 4 nitrogen and oxygen atoms in total. The Morgan fingerprint density at radius 2 is 2.19 bits per heavy atom. The van der Waals surface area contributed by atoms with Crippen LogP contribution in [0.2, 0.25) is 0 Å². The fourth-order valence-corrected chi connectivity index (χ4v) is 2.41. The van der Waals surface area contributed by atoms with Gasteiger partial charge in [0.25, 0.3) is 5.91 Å². The lowest BCUT2D eigenvalue weighted by Crippen LogP contribution is -2.49. The van der Waals surface area contributed by atoms with Crippen molar-refractivity contribution < 1.29 is 9.32 Å². The molecular formula is C11H17BrN2O2. The van der Waals surface area contributed by atoms with E-state index in [1.165, 1.54) is 6.20 Å². The summed E-state index contributed by atoms with van der Waals surface area (Å²) in [5.74, 6) is 0.426. The molecule has 0 radical (unpaired) electrons. The van der Waals surface area contributed by atoms with Crippen molar-refractivity contribution in [3.8, 4) is 0 Å². The molecule has 90 valence electrons. The van der Waals surface area contributed by atoms with Gasteiger partial charge >= 0.3 is 0 Å². The minimum atomic E-state index is -0.194. The first kappa shape index (κ1) is 13.2. The van der Waals surface area contributed by atoms with Crippen LogP contribution in [0.25, 0.3) is 0 Å². The van der Waals surface area contributed by atoms with E-state index in [1.54, 1.807) is 6.92 Å². The fourth-order valence-electron chi connectivity index (χ4n) is 1.47. The SMILES string of the molecule is CCC(CC)(CBr)NC(=O)c1cnoc1C. The predicted molar refractivity (Wildman–Crippen MR) is 65.8 cm³/mol. The van der Waals surface area contributed by atoms with Crippen LogP contribution in [0.1, 0.15) is 42.8 Å². The highest BCUT2D eigenvalue weighted by molar-refractivity contribution is 9.09. The van der Waals surface area contributed by atoms with Crippen molar-refractivity contribution in [2.45, 2.75) is 39.2 Å². The number of rotatable bonds is 5. The van der Waals surface area contributed by atoms with E-state index < -0.39 is 0 Å². The lowest BCUT2D eigenvalue weighted by molar-refractivity contribution is 0.0902. The predicted octanol–water partition coefficient (Wildman–Crippen LogP) is 2.67. The lowest BCUT2D eigenvalue weighted by Gasteiger charge is -2.30. The van der Waals surface area contributed by atoms with Crippen molar-refractivity contribution in [3.63, 3.8) is 0 Å². The summed E-state index contributed by atoms with van der Waals surface area (Å²) in [5.41, 5.74) is 0.313. The molecule has 0 atom stereocenters. The van der Waals surface area contributed by atoms with Gasteiger partial charge in [0.15, 0.2) is 0 Å². The monoisotopic (exact) mass is 288 g/mol. The lowest BCUT2D eigenvalue weighted by atomic mass is 9.95. The zero-order chi connectivity index (χ0) is 12.2. The third kappa shape index (κ3) is 2.64. The fraction of sp³-hybridized carbons (Fsp3) is 0.636. The molecule has 0 saturated heterocycles. The molecule has 1 N–H and O–H groups in total. The smallest absolute Gasteiger partial charge is 0.256 e. The van der Waals surface area contributed by atoms with Crippen LogP contribution in [0.15, 0.2) is 10.7 Å². The summed E-state index contributed by atoms with van der Waals surface area (Å²) in [5, 5.41) is 7.38. The van der Waals surface area contributed by atoms with Gasteiger partial charge in [0.1, 0.15) is 11.3 Å². The summed E-state index contributed by atoms with van der Waals surface area (Å²) < 4.78 is 4.88. The Morgan fingerprint density at radius 1 is 1.56 bits per heavy atom. The topological polar surface area (TPSA) is 55.1 Å². The molecule has 1 heterocycles. The Kier molecular flexibility index (Phi) is 4.53. The molecule has 0 aliphatic rings. The normalized spacial score (nSPS) is 11.5. The highest BCUT2D eigenvalue weighted by Crippen LogP contribution is 2.19. The minimum Gasteiger partial charge on any atom is -0.361 e. The first-order chi connectivity index (χ1) is 7.58. The molecule has 0 bridgehead atoms. The van der Waals surface area contributed by atoms with Gasteiger partial charge in [-0.3, -0.25) is 4.79 Å². The second-order valence-electron chi connectivity index (χ2n) is 3.87. The summed E-state index contributed by atoms with van der Waals surface area (Å²) >= 11 is 3.45. The number of amides is 1. The van der Waals surface area contributed by atoms with Crippen molar-refractivity contribution in [2.75, 3.05) is 5.33 Å². The summed E-state index contributed by atoms with van der Waals surface area (Å²) in [6, 6.07) is 0. The van der Waals surface area contributed by atoms with E-state index in [2.05, 4.69) is 40.3 Å². The molecule has 1 aromatic rings. The molecule has 0 aliphatic heterocycles. The van der Waals surface area contributed by atoms with Crippen LogP contribution in [-0.4, -0.2) is 21.9 Å². The van der Waals surface area contributed by atoms with Gasteiger partial charge in [-0.1, -0.05) is 34.9 Å². The number of alkyl halides is 1. The molecule has 1 rings (SSSR count). The Balaban J connectivity index is 2.81. The van der Waals surface area contributed by atoms with Gasteiger partial charge in [-0.2, -0.15) is 0 Å². The van der Waals surface area contributed by atoms with Crippen LogP contribution in [0.3, 0.4) is 0 Å². The summed E-state index contributed by atoms with van der Waals surface area (Å²) in [6.45, 7) is 5.85. The van der Waals surface area contributed by atoms with Crippen molar-refractivity contribution in [1.82, 2.24) is 10.5 Å². The van der Waals surface area contributed by atoms with E-state index in [1.807, 2.05) is 0 Å². The van der Waals surface area contributed by atoms with E-state index in [0.29, 0.717) is 11.3 Å². The number of nitrogens with one attached hydrogen (secondary N) is 1. The van der Waals surface area contributed by atoms with Gasteiger partial charge in [0.2, 0.25) is 0 Å². The highest BCUT2D eigenvalue weighted by atomic mass is 79.9. The Labute approximate surface area is 104 Å². The number of halogens is 1.